The summed E-state index contributed by atoms with van der Waals surface area (Å²) < 4.78 is 5.14. The number of carbonyl (C=O) groups excluding carboxylic acids is 2. The third kappa shape index (κ3) is 4.71. The van der Waals surface area contributed by atoms with E-state index >= 15 is 0 Å². The maximum Gasteiger partial charge on any atom is 0.256 e. The lowest BCUT2D eigenvalue weighted by Crippen LogP contribution is -2.27. The summed E-state index contributed by atoms with van der Waals surface area (Å²) in [5, 5.41) is 6.70. The molecule has 1 aliphatic rings. The van der Waals surface area contributed by atoms with Gasteiger partial charge in [-0.15, -0.1) is 11.8 Å². The lowest BCUT2D eigenvalue weighted by atomic mass is 10.1. The number of aryl methyl sites for hydroxylation is 1. The Morgan fingerprint density at radius 2 is 1.93 bits per heavy atom. The minimum atomic E-state index is -0.231. The fraction of sp³-hybridized carbons (Fsp3) is 0.273. The molecule has 2 amide bonds. The molecule has 4 rings (SSSR count). The molecule has 0 atom stereocenters. The Kier molecular flexibility index (Phi) is 6.13. The van der Waals surface area contributed by atoms with Crippen molar-refractivity contribution in [3.63, 3.8) is 0 Å². The van der Waals surface area contributed by atoms with E-state index in [9.17, 15) is 9.59 Å². The van der Waals surface area contributed by atoms with Crippen LogP contribution in [0.3, 0.4) is 0 Å². The molecule has 1 N–H and O–H groups in total. The van der Waals surface area contributed by atoms with Crippen molar-refractivity contribution in [1.82, 2.24) is 15.0 Å². The second-order valence-corrected chi connectivity index (χ2v) is 8.07. The van der Waals surface area contributed by atoms with Crippen molar-refractivity contribution in [3.8, 4) is 0 Å². The zero-order valence-corrected chi connectivity index (χ0v) is 17.4. The second-order valence-electron chi connectivity index (χ2n) is 7.05. The Bertz CT molecular complexity index is 1060. The number of hydrogen-bond acceptors (Lipinski definition) is 6. The maximum absolute atomic E-state index is 12.9. The molecule has 8 heteroatoms. The first-order valence-corrected chi connectivity index (χ1v) is 10.8. The van der Waals surface area contributed by atoms with Gasteiger partial charge in [-0.25, -0.2) is 0 Å². The van der Waals surface area contributed by atoms with Crippen LogP contribution in [0.5, 0.6) is 0 Å². The summed E-state index contributed by atoms with van der Waals surface area (Å²) in [6, 6.07) is 14.5. The molecular weight excluding hydrogens is 400 g/mol. The minimum Gasteiger partial charge on any atom is -0.339 e. The molecule has 0 spiro atoms. The van der Waals surface area contributed by atoms with Crippen LogP contribution in [0.2, 0.25) is 0 Å². The molecule has 0 radical (unpaired) electrons. The summed E-state index contributed by atoms with van der Waals surface area (Å²) in [7, 11) is 0. The van der Waals surface area contributed by atoms with E-state index in [2.05, 4.69) is 15.5 Å². The highest BCUT2D eigenvalue weighted by Crippen LogP contribution is 2.27. The average Bonchev–Trinajstić information content (AvgIpc) is 3.44. The van der Waals surface area contributed by atoms with Gasteiger partial charge in [-0.3, -0.25) is 9.59 Å². The molecule has 0 bridgehead atoms. The molecule has 0 saturated carbocycles. The van der Waals surface area contributed by atoms with Crippen LogP contribution < -0.4 is 5.32 Å². The average molecular weight is 423 g/mol. The lowest BCUT2D eigenvalue weighted by molar-refractivity contribution is 0.0792. The van der Waals surface area contributed by atoms with Crippen molar-refractivity contribution in [2.45, 2.75) is 30.4 Å². The minimum absolute atomic E-state index is 0.00871. The molecule has 2 heterocycles. The van der Waals surface area contributed by atoms with E-state index in [1.807, 2.05) is 23.1 Å². The summed E-state index contributed by atoms with van der Waals surface area (Å²) >= 11 is 1.46. The Morgan fingerprint density at radius 3 is 2.70 bits per heavy atom. The Hall–Kier alpha value is -3.13. The summed E-state index contributed by atoms with van der Waals surface area (Å²) in [4.78, 5) is 32.4. The van der Waals surface area contributed by atoms with E-state index in [-0.39, 0.29) is 11.8 Å². The predicted molar refractivity (Wildman–Crippen MR) is 115 cm³/mol. The molecule has 2 aromatic carbocycles. The van der Waals surface area contributed by atoms with Crippen molar-refractivity contribution in [3.05, 3.63) is 71.4 Å². The number of nitrogens with zero attached hydrogens (tertiary/aromatic N) is 3. The zero-order valence-electron chi connectivity index (χ0n) is 16.6. The second kappa shape index (κ2) is 9.13. The van der Waals surface area contributed by atoms with Gasteiger partial charge < -0.3 is 14.7 Å². The normalized spacial score (nSPS) is 13.4. The van der Waals surface area contributed by atoms with Gasteiger partial charge in [0.15, 0.2) is 5.82 Å². The third-order valence-electron chi connectivity index (χ3n) is 4.81. The molecule has 0 unspecified atom stereocenters. The van der Waals surface area contributed by atoms with E-state index in [0.717, 1.165) is 30.8 Å². The van der Waals surface area contributed by atoms with Gasteiger partial charge in [-0.1, -0.05) is 23.4 Å². The molecule has 1 aromatic heterocycles. The van der Waals surface area contributed by atoms with Gasteiger partial charge in [0, 0.05) is 29.2 Å². The molecule has 7 nitrogen and oxygen atoms in total. The van der Waals surface area contributed by atoms with Crippen LogP contribution in [0.4, 0.5) is 5.69 Å². The third-order valence-corrected chi connectivity index (χ3v) is 5.87. The first kappa shape index (κ1) is 20.2. The van der Waals surface area contributed by atoms with Crippen LogP contribution in [0, 0.1) is 6.92 Å². The van der Waals surface area contributed by atoms with E-state index < -0.39 is 0 Å². The van der Waals surface area contributed by atoms with Gasteiger partial charge in [0.2, 0.25) is 5.89 Å². The molecule has 154 valence electrons. The maximum atomic E-state index is 12.9. The first-order valence-electron chi connectivity index (χ1n) is 9.82. The van der Waals surface area contributed by atoms with Crippen LogP contribution in [0.1, 0.15) is 45.3 Å². The standard InChI is InChI=1S/C22H22N4O3S/c1-15-23-20(29-25-15)14-30-19-10-3-2-9-18(19)21(27)24-17-8-6-7-16(13-17)22(28)26-11-4-5-12-26/h2-3,6-10,13H,4-5,11-12,14H2,1H3,(H,24,27). The van der Waals surface area contributed by atoms with Crippen molar-refractivity contribution in [2.75, 3.05) is 18.4 Å². The molecule has 0 aliphatic carbocycles. The Morgan fingerprint density at radius 1 is 1.13 bits per heavy atom. The smallest absolute Gasteiger partial charge is 0.256 e. The van der Waals surface area contributed by atoms with Crippen LogP contribution in [0.25, 0.3) is 0 Å². The number of benzene rings is 2. The zero-order chi connectivity index (χ0) is 20.9. The number of hydrogen-bond donors (Lipinski definition) is 1. The molecule has 1 saturated heterocycles. The lowest BCUT2D eigenvalue weighted by Gasteiger charge is -2.16. The number of carbonyl (C=O) groups is 2. The summed E-state index contributed by atoms with van der Waals surface area (Å²) in [5.41, 5.74) is 1.73. The number of anilines is 1. The number of amides is 2. The van der Waals surface area contributed by atoms with Crippen molar-refractivity contribution in [2.24, 2.45) is 0 Å². The molecule has 1 fully saturated rings. The van der Waals surface area contributed by atoms with Gasteiger partial charge in [-0.05, 0) is 50.1 Å². The number of likely N-dealkylation sites (tertiary alicyclic amines) is 1. The fourth-order valence-electron chi connectivity index (χ4n) is 3.35. The summed E-state index contributed by atoms with van der Waals surface area (Å²) in [5.74, 6) is 1.35. The van der Waals surface area contributed by atoms with Crippen LogP contribution >= 0.6 is 11.8 Å². The summed E-state index contributed by atoms with van der Waals surface area (Å²) in [6.45, 7) is 3.35. The van der Waals surface area contributed by atoms with E-state index in [1.165, 1.54) is 11.8 Å². The van der Waals surface area contributed by atoms with Crippen molar-refractivity contribution >= 4 is 29.3 Å². The van der Waals surface area contributed by atoms with Gasteiger partial charge >= 0.3 is 0 Å². The number of rotatable bonds is 6. The predicted octanol–water partition coefficient (Wildman–Crippen LogP) is 4.16. The fourth-order valence-corrected chi connectivity index (χ4v) is 4.24. The number of nitrogens with one attached hydrogen (secondary N) is 1. The van der Waals surface area contributed by atoms with E-state index in [1.54, 1.807) is 37.3 Å². The van der Waals surface area contributed by atoms with Gasteiger partial charge in [0.25, 0.3) is 11.8 Å². The van der Waals surface area contributed by atoms with Gasteiger partial charge in [0.05, 0.1) is 11.3 Å². The molecular formula is C22H22N4O3S. The quantitative estimate of drug-likeness (QED) is 0.600. The van der Waals surface area contributed by atoms with Crippen LogP contribution in [-0.4, -0.2) is 39.9 Å². The highest BCUT2D eigenvalue weighted by Gasteiger charge is 2.20. The van der Waals surface area contributed by atoms with Gasteiger partial charge in [0.1, 0.15) is 0 Å². The van der Waals surface area contributed by atoms with E-state index in [4.69, 9.17) is 4.52 Å². The SMILES string of the molecule is Cc1noc(CSc2ccccc2C(=O)Nc2cccc(C(=O)N3CCCC3)c2)n1. The largest absolute Gasteiger partial charge is 0.339 e. The molecule has 1 aliphatic heterocycles. The Labute approximate surface area is 178 Å². The number of thioether (sulfide) groups is 1. The van der Waals surface area contributed by atoms with E-state index in [0.29, 0.717) is 34.3 Å². The van der Waals surface area contributed by atoms with Crippen molar-refractivity contribution < 1.29 is 14.1 Å². The first-order chi connectivity index (χ1) is 14.6. The topological polar surface area (TPSA) is 88.3 Å². The Balaban J connectivity index is 1.46. The number of aromatic nitrogens is 2. The van der Waals surface area contributed by atoms with Crippen molar-refractivity contribution in [1.29, 1.82) is 0 Å². The van der Waals surface area contributed by atoms with Crippen LogP contribution in [0.15, 0.2) is 57.9 Å². The van der Waals surface area contributed by atoms with Gasteiger partial charge in [-0.2, -0.15) is 4.98 Å². The summed E-state index contributed by atoms with van der Waals surface area (Å²) in [6.07, 6.45) is 2.08. The highest BCUT2D eigenvalue weighted by atomic mass is 32.2. The molecule has 30 heavy (non-hydrogen) atoms. The highest BCUT2D eigenvalue weighted by molar-refractivity contribution is 7.98. The monoisotopic (exact) mass is 422 g/mol. The van der Waals surface area contributed by atoms with Crippen LogP contribution in [-0.2, 0) is 5.75 Å². The molecule has 3 aromatic rings.